The van der Waals surface area contributed by atoms with Crippen LogP contribution < -0.4 is 0 Å². The highest BCUT2D eigenvalue weighted by atomic mass is 14.9. The Labute approximate surface area is 439 Å². The Balaban J connectivity index is 0.801. The molecule has 16 rings (SSSR count). The molecule has 3 aliphatic carbocycles. The summed E-state index contributed by atoms with van der Waals surface area (Å²) in [6, 6.07) is 86.3. The van der Waals surface area contributed by atoms with Crippen LogP contribution in [-0.2, 0) is 0 Å². The van der Waals surface area contributed by atoms with E-state index >= 15 is 0 Å². The lowest BCUT2D eigenvalue weighted by Gasteiger charge is -2.42. The maximum atomic E-state index is 5.34. The van der Waals surface area contributed by atoms with E-state index in [2.05, 4.69) is 228 Å². The van der Waals surface area contributed by atoms with Gasteiger partial charge in [0, 0.05) is 68.4 Å². The molecular formula is C70H44N6. The lowest BCUT2D eigenvalue weighted by molar-refractivity contribution is 0.754. The second kappa shape index (κ2) is 17.9. The summed E-state index contributed by atoms with van der Waals surface area (Å²) in [5.41, 5.74) is 24.1. The fourth-order valence-electron chi connectivity index (χ4n) is 11.6. The lowest BCUT2D eigenvalue weighted by atomic mass is 9.61. The van der Waals surface area contributed by atoms with Crippen LogP contribution in [0.3, 0.4) is 0 Å². The molecule has 4 aromatic heterocycles. The van der Waals surface area contributed by atoms with E-state index in [0.717, 1.165) is 100 Å². The zero-order valence-corrected chi connectivity index (χ0v) is 41.1. The number of pyridine rings is 2. The quantitative estimate of drug-likeness (QED) is 0.151. The van der Waals surface area contributed by atoms with Crippen LogP contribution in [0.1, 0.15) is 45.2 Å². The van der Waals surface area contributed by atoms with Crippen molar-refractivity contribution in [1.82, 2.24) is 29.9 Å². The molecule has 0 spiro atoms. The van der Waals surface area contributed by atoms with Gasteiger partial charge in [-0.25, -0.2) is 19.9 Å². The molecule has 2 unspecified atom stereocenters. The van der Waals surface area contributed by atoms with Gasteiger partial charge in [0.25, 0.3) is 0 Å². The Morgan fingerprint density at radius 3 is 0.987 bits per heavy atom. The Morgan fingerprint density at radius 1 is 0.224 bits per heavy atom. The number of hydrogen-bond donors (Lipinski definition) is 0. The van der Waals surface area contributed by atoms with Crippen molar-refractivity contribution in [3.05, 3.63) is 288 Å². The Hall–Kier alpha value is -10.0. The topological polar surface area (TPSA) is 77.3 Å². The first kappa shape index (κ1) is 43.5. The van der Waals surface area contributed by atoms with Crippen molar-refractivity contribution in [1.29, 1.82) is 0 Å². The van der Waals surface area contributed by atoms with E-state index in [4.69, 9.17) is 19.9 Å². The summed E-state index contributed by atoms with van der Waals surface area (Å²) in [6.07, 6.45) is 3.67. The Morgan fingerprint density at radius 2 is 0.566 bits per heavy atom. The molecule has 4 heterocycles. The number of aromatic nitrogens is 6. The van der Waals surface area contributed by atoms with Crippen LogP contribution in [0.5, 0.6) is 0 Å². The van der Waals surface area contributed by atoms with Gasteiger partial charge in [-0.1, -0.05) is 182 Å². The van der Waals surface area contributed by atoms with E-state index in [0.29, 0.717) is 11.6 Å². The molecule has 6 heteroatoms. The molecule has 0 aliphatic heterocycles. The summed E-state index contributed by atoms with van der Waals surface area (Å²) in [7, 11) is 0. The van der Waals surface area contributed by atoms with Crippen molar-refractivity contribution >= 4 is 21.8 Å². The molecule has 13 aromatic rings. The first-order chi connectivity index (χ1) is 37.6. The first-order valence-electron chi connectivity index (χ1n) is 25.8. The lowest BCUT2D eigenvalue weighted by Crippen LogP contribution is -2.27. The molecule has 0 radical (unpaired) electrons. The number of hydrogen-bond acceptors (Lipinski definition) is 6. The predicted octanol–water partition coefficient (Wildman–Crippen LogP) is 16.7. The van der Waals surface area contributed by atoms with Gasteiger partial charge in [-0.05, 0) is 116 Å². The first-order valence-corrected chi connectivity index (χ1v) is 25.8. The van der Waals surface area contributed by atoms with Crippen molar-refractivity contribution in [2.24, 2.45) is 0 Å². The third kappa shape index (κ3) is 7.57. The molecule has 2 atom stereocenters. The van der Waals surface area contributed by atoms with Crippen molar-refractivity contribution in [2.45, 2.75) is 11.8 Å². The highest BCUT2D eigenvalue weighted by molar-refractivity contribution is 5.87. The SMILES string of the molecule is c1ccc(-c2cc(-c3ccc(-c4ccc5ncccc5c4)cc3)nc(-c3ccc4c(c3)C3c5ccccc5C4c4cc(-c5nc(-c6ccccc6)cc(-c6ccc(-c7ccc8ncccc8c7)cc6)n5)ccc43)n2)cc1. The smallest absolute Gasteiger partial charge is 0.160 e. The standard InChI is InChI=1S/C70H44N6/c1-3-11-45(12-4-1)63-41-65(47-23-19-43(20-24-47)49-29-33-61-51(37-49)15-9-35-71-61)75-69(73-63)53-27-31-57-59(39-53)67-55-17-7-8-18-56(55)68(57)60-40-54(28-32-58(60)67)70-74-64(46-13-5-2-6-14-46)42-66(76-70)48-25-21-44(22-26-48)50-30-34-62-52(38-50)16-10-36-72-62/h1-42,67-68H. The van der Waals surface area contributed by atoms with E-state index in [1.54, 1.807) is 0 Å². The fraction of sp³-hybridized carbons (Fsp3) is 0.0286. The zero-order valence-electron chi connectivity index (χ0n) is 41.1. The highest BCUT2D eigenvalue weighted by Crippen LogP contribution is 2.56. The number of nitrogens with zero attached hydrogens (tertiary/aromatic N) is 6. The van der Waals surface area contributed by atoms with Gasteiger partial charge in [0.2, 0.25) is 0 Å². The third-order valence-electron chi connectivity index (χ3n) is 15.4. The maximum Gasteiger partial charge on any atom is 0.160 e. The maximum absolute atomic E-state index is 5.34. The van der Waals surface area contributed by atoms with E-state index in [1.165, 1.54) is 33.4 Å². The summed E-state index contributed by atoms with van der Waals surface area (Å²) in [4.78, 5) is 30.3. The van der Waals surface area contributed by atoms with Crippen molar-refractivity contribution in [3.8, 4) is 90.1 Å². The van der Waals surface area contributed by atoms with Crippen LogP contribution in [-0.4, -0.2) is 29.9 Å². The highest BCUT2D eigenvalue weighted by Gasteiger charge is 2.41. The van der Waals surface area contributed by atoms with Crippen molar-refractivity contribution in [2.75, 3.05) is 0 Å². The van der Waals surface area contributed by atoms with Gasteiger partial charge in [-0.3, -0.25) is 9.97 Å². The van der Waals surface area contributed by atoms with Gasteiger partial charge < -0.3 is 0 Å². The summed E-state index contributed by atoms with van der Waals surface area (Å²) >= 11 is 0. The third-order valence-corrected chi connectivity index (χ3v) is 15.4. The minimum Gasteiger partial charge on any atom is -0.256 e. The summed E-state index contributed by atoms with van der Waals surface area (Å²) in [5.74, 6) is 1.45. The Kier molecular flexibility index (Phi) is 10.2. The van der Waals surface area contributed by atoms with Crippen LogP contribution in [0.25, 0.3) is 112 Å². The molecule has 9 aromatic carbocycles. The summed E-state index contributed by atoms with van der Waals surface area (Å²) in [5, 5.41) is 2.24. The number of fused-ring (bicyclic) bond motifs is 2. The van der Waals surface area contributed by atoms with Crippen LogP contribution >= 0.6 is 0 Å². The molecule has 0 N–H and O–H groups in total. The molecule has 0 saturated carbocycles. The largest absolute Gasteiger partial charge is 0.256 e. The average molecular weight is 969 g/mol. The molecule has 76 heavy (non-hydrogen) atoms. The van der Waals surface area contributed by atoms with E-state index in [9.17, 15) is 0 Å². The van der Waals surface area contributed by atoms with Gasteiger partial charge >= 0.3 is 0 Å². The second-order valence-corrected chi connectivity index (χ2v) is 19.8. The van der Waals surface area contributed by atoms with Gasteiger partial charge in [-0.2, -0.15) is 0 Å². The Bertz CT molecular complexity index is 4120. The van der Waals surface area contributed by atoms with E-state index in [-0.39, 0.29) is 11.8 Å². The summed E-state index contributed by atoms with van der Waals surface area (Å²) in [6.45, 7) is 0. The van der Waals surface area contributed by atoms with E-state index in [1.807, 2.05) is 36.7 Å². The van der Waals surface area contributed by atoms with E-state index < -0.39 is 0 Å². The van der Waals surface area contributed by atoms with Crippen LogP contribution in [0.15, 0.2) is 255 Å². The summed E-state index contributed by atoms with van der Waals surface area (Å²) < 4.78 is 0. The van der Waals surface area contributed by atoms with Gasteiger partial charge in [0.15, 0.2) is 11.6 Å². The van der Waals surface area contributed by atoms with Crippen LogP contribution in [0.2, 0.25) is 0 Å². The van der Waals surface area contributed by atoms with Gasteiger partial charge in [0.05, 0.1) is 33.8 Å². The molecule has 0 saturated heterocycles. The van der Waals surface area contributed by atoms with Gasteiger partial charge in [-0.15, -0.1) is 0 Å². The minimum atomic E-state index is 0.0277. The molecule has 0 amide bonds. The molecule has 6 nitrogen and oxygen atoms in total. The van der Waals surface area contributed by atoms with Gasteiger partial charge in [0.1, 0.15) is 0 Å². The number of benzene rings is 9. The number of rotatable bonds is 8. The molecule has 3 aliphatic rings. The monoisotopic (exact) mass is 968 g/mol. The zero-order chi connectivity index (χ0) is 50.1. The van der Waals surface area contributed by atoms with Crippen molar-refractivity contribution in [3.63, 3.8) is 0 Å². The average Bonchev–Trinajstić information content (AvgIpc) is 3.58. The minimum absolute atomic E-state index is 0.0277. The van der Waals surface area contributed by atoms with Crippen molar-refractivity contribution < 1.29 is 0 Å². The molecule has 0 fully saturated rings. The molecule has 2 bridgehead atoms. The van der Waals surface area contributed by atoms with Crippen LogP contribution in [0.4, 0.5) is 0 Å². The molecule has 354 valence electrons. The molecular weight excluding hydrogens is 925 g/mol. The normalized spacial score (nSPS) is 14.1. The predicted molar refractivity (Wildman–Crippen MR) is 306 cm³/mol. The van der Waals surface area contributed by atoms with Crippen LogP contribution in [0, 0.1) is 0 Å². The fourth-order valence-corrected chi connectivity index (χ4v) is 11.6. The second-order valence-electron chi connectivity index (χ2n) is 19.8.